The van der Waals surface area contributed by atoms with Gasteiger partial charge in [0, 0.05) is 27.8 Å². The minimum atomic E-state index is -0.525. The van der Waals surface area contributed by atoms with E-state index in [1.807, 2.05) is 6.08 Å². The van der Waals surface area contributed by atoms with E-state index >= 15 is 0 Å². The molecule has 326 valence electrons. The van der Waals surface area contributed by atoms with Crippen LogP contribution in [0.1, 0.15) is 77.8 Å². The highest BCUT2D eigenvalue weighted by Crippen LogP contribution is 2.60. The third-order valence-electron chi connectivity index (χ3n) is 15.6. The van der Waals surface area contributed by atoms with Crippen molar-refractivity contribution in [2.75, 3.05) is 4.90 Å². The van der Waals surface area contributed by atoms with E-state index in [1.165, 1.54) is 94.6 Å². The fourth-order valence-corrected chi connectivity index (χ4v) is 12.5. The number of rotatable bonds is 9. The number of hydrogen-bond donors (Lipinski definition) is 0. The van der Waals surface area contributed by atoms with Gasteiger partial charge in [-0.05, 0) is 133 Å². The Kier molecular flexibility index (Phi) is 9.64. The summed E-state index contributed by atoms with van der Waals surface area (Å²) in [5.74, 6) is 0. The van der Waals surface area contributed by atoms with E-state index in [4.69, 9.17) is 0 Å². The van der Waals surface area contributed by atoms with E-state index in [9.17, 15) is 0 Å². The summed E-state index contributed by atoms with van der Waals surface area (Å²) in [6.07, 6.45) is 6.46. The zero-order chi connectivity index (χ0) is 46.2. The van der Waals surface area contributed by atoms with Crippen LogP contribution in [-0.2, 0) is 16.2 Å². The summed E-state index contributed by atoms with van der Waals surface area (Å²) in [7, 11) is 0. The molecule has 0 aromatic heterocycles. The van der Waals surface area contributed by atoms with E-state index < -0.39 is 5.41 Å². The largest absolute Gasteiger partial charge is 0.310 e. The first-order valence-corrected chi connectivity index (χ1v) is 24.0. The van der Waals surface area contributed by atoms with E-state index in [1.54, 1.807) is 0 Å². The number of benzene rings is 9. The Hall–Kier alpha value is -8.00. The zero-order valence-electron chi connectivity index (χ0n) is 39.2. The predicted molar refractivity (Wildman–Crippen MR) is 286 cm³/mol. The molecule has 1 heteroatoms. The van der Waals surface area contributed by atoms with E-state index in [0.717, 1.165) is 17.1 Å². The van der Waals surface area contributed by atoms with E-state index in [2.05, 4.69) is 270 Å². The van der Waals surface area contributed by atoms with Crippen molar-refractivity contribution in [3.05, 3.63) is 299 Å². The summed E-state index contributed by atoms with van der Waals surface area (Å²) in [5, 5.41) is 0. The lowest BCUT2D eigenvalue weighted by molar-refractivity contribution is 0.654. The lowest BCUT2D eigenvalue weighted by Gasteiger charge is -2.34. The lowest BCUT2D eigenvalue weighted by Crippen LogP contribution is -2.28. The molecule has 0 amide bonds. The predicted octanol–water partition coefficient (Wildman–Crippen LogP) is 17.3. The van der Waals surface area contributed by atoms with Crippen LogP contribution in [-0.4, -0.2) is 0 Å². The molecule has 0 spiro atoms. The fraction of sp³-hybridized carbons (Fsp3) is 0.104. The number of nitrogens with zero attached hydrogens (tertiary/aromatic N) is 1. The van der Waals surface area contributed by atoms with Gasteiger partial charge in [-0.25, -0.2) is 0 Å². The van der Waals surface area contributed by atoms with Crippen LogP contribution in [0.25, 0.3) is 39.0 Å². The summed E-state index contributed by atoms with van der Waals surface area (Å²) in [6.45, 7) is 13.5. The maximum absolute atomic E-state index is 4.30. The molecule has 0 radical (unpaired) electrons. The summed E-state index contributed by atoms with van der Waals surface area (Å²) < 4.78 is 0. The average Bonchev–Trinajstić information content (AvgIpc) is 3.93. The molecule has 0 fully saturated rings. The van der Waals surface area contributed by atoms with Gasteiger partial charge in [-0.2, -0.15) is 0 Å². The highest BCUT2D eigenvalue weighted by Gasteiger charge is 2.48. The monoisotopic (exact) mass is 871 g/mol. The molecule has 12 rings (SSSR count). The highest BCUT2D eigenvalue weighted by molar-refractivity contribution is 5.99. The molecule has 3 aliphatic carbocycles. The van der Waals surface area contributed by atoms with Crippen molar-refractivity contribution < 1.29 is 0 Å². The van der Waals surface area contributed by atoms with Crippen molar-refractivity contribution in [2.24, 2.45) is 0 Å². The minimum Gasteiger partial charge on any atom is -0.310 e. The number of allylic oxidation sites excluding steroid dienone is 5. The van der Waals surface area contributed by atoms with Crippen molar-refractivity contribution in [1.82, 2.24) is 0 Å². The molecule has 3 aliphatic rings. The van der Waals surface area contributed by atoms with Gasteiger partial charge in [-0.3, -0.25) is 0 Å². The second-order valence-corrected chi connectivity index (χ2v) is 19.3. The summed E-state index contributed by atoms with van der Waals surface area (Å²) in [6, 6.07) is 81.6. The topological polar surface area (TPSA) is 3.24 Å². The van der Waals surface area contributed by atoms with Crippen molar-refractivity contribution >= 4 is 22.6 Å². The molecule has 1 atom stereocenters. The first-order valence-electron chi connectivity index (χ1n) is 24.0. The third kappa shape index (κ3) is 5.82. The Balaban J connectivity index is 1.08. The summed E-state index contributed by atoms with van der Waals surface area (Å²) in [5.41, 5.74) is 24.0. The van der Waals surface area contributed by atoms with Crippen LogP contribution >= 0.6 is 0 Å². The van der Waals surface area contributed by atoms with E-state index in [0.29, 0.717) is 0 Å². The van der Waals surface area contributed by atoms with Gasteiger partial charge in [0.2, 0.25) is 0 Å². The SMILES string of the molecule is C=CC1=C(/C=C\C)C(C)(C)c2cc(N(c3ccc(-c4cccc5c4-c4ccccc4C5(C)c4ccccc4)cc3)c3cccc4c3-c3ccccc3C4(c3ccccc3)c3ccccc3)ccc21. The molecule has 0 heterocycles. The Morgan fingerprint density at radius 2 is 0.956 bits per heavy atom. The van der Waals surface area contributed by atoms with Crippen LogP contribution in [0.15, 0.2) is 249 Å². The molecule has 1 unspecified atom stereocenters. The second-order valence-electron chi connectivity index (χ2n) is 19.3. The van der Waals surface area contributed by atoms with Crippen LogP contribution in [0.5, 0.6) is 0 Å². The number of fused-ring (bicyclic) bond motifs is 7. The smallest absolute Gasteiger partial charge is 0.0714 e. The van der Waals surface area contributed by atoms with Gasteiger partial charge in [-0.1, -0.05) is 227 Å². The Morgan fingerprint density at radius 3 is 1.60 bits per heavy atom. The molecule has 0 N–H and O–H groups in total. The fourth-order valence-electron chi connectivity index (χ4n) is 12.5. The molecule has 0 bridgehead atoms. The zero-order valence-corrected chi connectivity index (χ0v) is 39.2. The van der Waals surface area contributed by atoms with Gasteiger partial charge in [0.05, 0.1) is 11.1 Å². The molecule has 68 heavy (non-hydrogen) atoms. The van der Waals surface area contributed by atoms with Gasteiger partial charge < -0.3 is 4.90 Å². The molecule has 0 saturated carbocycles. The van der Waals surface area contributed by atoms with Crippen LogP contribution in [0, 0.1) is 0 Å². The van der Waals surface area contributed by atoms with Gasteiger partial charge in [0.1, 0.15) is 0 Å². The van der Waals surface area contributed by atoms with Crippen molar-refractivity contribution in [3.63, 3.8) is 0 Å². The quantitative estimate of drug-likeness (QED) is 0.140. The number of anilines is 3. The van der Waals surface area contributed by atoms with Crippen molar-refractivity contribution in [3.8, 4) is 33.4 Å². The lowest BCUT2D eigenvalue weighted by atomic mass is 9.68. The van der Waals surface area contributed by atoms with Crippen LogP contribution < -0.4 is 4.90 Å². The van der Waals surface area contributed by atoms with Crippen molar-refractivity contribution in [1.29, 1.82) is 0 Å². The van der Waals surface area contributed by atoms with Crippen LogP contribution in [0.3, 0.4) is 0 Å². The molecule has 0 saturated heterocycles. The first kappa shape index (κ1) is 41.4. The molecule has 0 aliphatic heterocycles. The third-order valence-corrected chi connectivity index (χ3v) is 15.6. The minimum absolute atomic E-state index is 0.226. The standard InChI is InChI=1S/C67H53N/c1-6-23-56-51(7-2)53-43-42-50(44-61(53)65(56,3)4)68(62-37-22-36-60-64(62)55-31-18-20-34-58(55)67(60,47-26-13-9-14-27-47)48-28-15-10-16-29-48)49-40-38-45(39-41-49)52-32-21-35-59-63(52)54-30-17-19-33-57(54)66(59,5)46-24-11-8-12-25-46/h6-44H,2H2,1,3-5H3/b23-6-. The maximum Gasteiger partial charge on any atom is 0.0714 e. The van der Waals surface area contributed by atoms with Crippen LogP contribution in [0.4, 0.5) is 17.1 Å². The van der Waals surface area contributed by atoms with Gasteiger partial charge >= 0.3 is 0 Å². The van der Waals surface area contributed by atoms with Gasteiger partial charge in [0.25, 0.3) is 0 Å². The Bertz CT molecular complexity index is 3460. The summed E-state index contributed by atoms with van der Waals surface area (Å²) >= 11 is 0. The molecular weight excluding hydrogens is 819 g/mol. The van der Waals surface area contributed by atoms with Gasteiger partial charge in [0.15, 0.2) is 0 Å². The van der Waals surface area contributed by atoms with Crippen molar-refractivity contribution in [2.45, 2.75) is 43.9 Å². The maximum atomic E-state index is 4.30. The van der Waals surface area contributed by atoms with E-state index in [-0.39, 0.29) is 10.8 Å². The highest BCUT2D eigenvalue weighted by atomic mass is 15.1. The molecule has 9 aromatic carbocycles. The average molecular weight is 872 g/mol. The normalized spacial score (nSPS) is 16.8. The Labute approximate surface area is 401 Å². The second kappa shape index (κ2) is 15.8. The molecule has 1 nitrogen and oxygen atoms in total. The number of hydrogen-bond acceptors (Lipinski definition) is 1. The summed E-state index contributed by atoms with van der Waals surface area (Å²) in [4.78, 5) is 2.51. The Morgan fingerprint density at radius 1 is 0.426 bits per heavy atom. The van der Waals surface area contributed by atoms with Gasteiger partial charge in [-0.15, -0.1) is 0 Å². The molecule has 9 aromatic rings. The van der Waals surface area contributed by atoms with Crippen LogP contribution in [0.2, 0.25) is 0 Å². The first-order chi connectivity index (χ1) is 33.3. The molecular formula is C67H53N.